The highest BCUT2D eigenvalue weighted by Crippen LogP contribution is 2.29. The third-order valence-electron chi connectivity index (χ3n) is 5.63. The number of carbonyl (C=O) groups is 1. The van der Waals surface area contributed by atoms with Gasteiger partial charge in [0.05, 0.1) is 5.69 Å². The van der Waals surface area contributed by atoms with E-state index in [0.717, 1.165) is 17.5 Å². The molecule has 0 unspecified atom stereocenters. The molecule has 1 aliphatic heterocycles. The highest BCUT2D eigenvalue weighted by molar-refractivity contribution is 6.30. The van der Waals surface area contributed by atoms with Crippen LogP contribution >= 0.6 is 11.6 Å². The molecule has 0 spiro atoms. The second-order valence-electron chi connectivity index (χ2n) is 7.33. The zero-order valence-electron chi connectivity index (χ0n) is 15.2. The van der Waals surface area contributed by atoms with Gasteiger partial charge in [-0.15, -0.1) is 0 Å². The summed E-state index contributed by atoms with van der Waals surface area (Å²) < 4.78 is 1.16. The monoisotopic (exact) mass is 382 g/mol. The number of aliphatic carboxylic acids is 1. The van der Waals surface area contributed by atoms with Crippen molar-refractivity contribution in [3.05, 3.63) is 21.2 Å². The molecule has 8 heteroatoms. The molecule has 0 aromatic carbocycles. The fraction of sp³-hybridized carbons (Fsp3) is 0.722. The number of carboxylic acids is 1. The molecule has 1 atom stereocenters. The van der Waals surface area contributed by atoms with Crippen molar-refractivity contribution in [3.63, 3.8) is 0 Å². The van der Waals surface area contributed by atoms with Gasteiger partial charge in [0.25, 0.3) is 5.56 Å². The molecule has 1 saturated carbocycles. The van der Waals surface area contributed by atoms with Gasteiger partial charge < -0.3 is 10.4 Å². The van der Waals surface area contributed by atoms with Gasteiger partial charge in [0.15, 0.2) is 11.0 Å². The van der Waals surface area contributed by atoms with Gasteiger partial charge in [-0.3, -0.25) is 19.1 Å². The lowest BCUT2D eigenvalue weighted by molar-refractivity contribution is -0.137. The van der Waals surface area contributed by atoms with Crippen LogP contribution < -0.4 is 10.9 Å². The lowest BCUT2D eigenvalue weighted by Crippen LogP contribution is -2.44. The second-order valence-corrected chi connectivity index (χ2v) is 7.69. The standard InChI is InChI=1S/C18H27ClN4O3/c1-12-16(19)21-17(18(26)23(12)11-15(24)25)20-10-14-8-5-9-22(14)13-6-3-2-4-7-13/h13-14H,2-11H2,1H3,(H,20,21)(H,24,25)/t14-/m1/s1. The van der Waals surface area contributed by atoms with E-state index in [0.29, 0.717) is 24.3 Å². The number of carboxylic acid groups (broad SMARTS) is 1. The number of hydrogen-bond acceptors (Lipinski definition) is 5. The molecule has 2 heterocycles. The number of likely N-dealkylation sites (tertiary alicyclic amines) is 1. The van der Waals surface area contributed by atoms with E-state index in [1.165, 1.54) is 38.5 Å². The minimum atomic E-state index is -1.08. The Morgan fingerprint density at radius 1 is 1.27 bits per heavy atom. The van der Waals surface area contributed by atoms with Gasteiger partial charge in [0, 0.05) is 18.6 Å². The van der Waals surface area contributed by atoms with Crippen molar-refractivity contribution in [1.29, 1.82) is 0 Å². The Morgan fingerprint density at radius 2 is 2.00 bits per heavy atom. The van der Waals surface area contributed by atoms with E-state index in [1.54, 1.807) is 6.92 Å². The molecule has 7 nitrogen and oxygen atoms in total. The topological polar surface area (TPSA) is 87.5 Å². The molecular weight excluding hydrogens is 356 g/mol. The Bertz CT molecular complexity index is 715. The van der Waals surface area contributed by atoms with Crippen molar-refractivity contribution >= 4 is 23.4 Å². The molecule has 1 aromatic rings. The Kier molecular flexibility index (Phi) is 6.19. The number of rotatable bonds is 6. The van der Waals surface area contributed by atoms with Gasteiger partial charge in [-0.05, 0) is 39.2 Å². The summed E-state index contributed by atoms with van der Waals surface area (Å²) in [5.41, 5.74) is -0.0640. The van der Waals surface area contributed by atoms with Crippen LogP contribution in [0.4, 0.5) is 5.82 Å². The molecule has 0 amide bonds. The van der Waals surface area contributed by atoms with Crippen LogP contribution in [-0.2, 0) is 11.3 Å². The molecule has 2 N–H and O–H groups in total. The summed E-state index contributed by atoms with van der Waals surface area (Å²) in [4.78, 5) is 30.3. The maximum absolute atomic E-state index is 12.6. The first-order valence-corrected chi connectivity index (χ1v) is 9.83. The van der Waals surface area contributed by atoms with Crippen LogP contribution in [0.15, 0.2) is 4.79 Å². The molecule has 0 bridgehead atoms. The van der Waals surface area contributed by atoms with E-state index in [4.69, 9.17) is 16.7 Å². The summed E-state index contributed by atoms with van der Waals surface area (Å²) >= 11 is 6.11. The summed E-state index contributed by atoms with van der Waals surface area (Å²) in [5.74, 6) is -0.944. The number of hydrogen-bond donors (Lipinski definition) is 2. The Hall–Kier alpha value is -1.60. The number of aromatic nitrogens is 2. The molecular formula is C18H27ClN4O3. The third-order valence-corrected chi connectivity index (χ3v) is 5.98. The van der Waals surface area contributed by atoms with Gasteiger partial charge in [-0.1, -0.05) is 30.9 Å². The van der Waals surface area contributed by atoms with Crippen LogP contribution in [0.3, 0.4) is 0 Å². The van der Waals surface area contributed by atoms with E-state index in [-0.39, 0.29) is 11.0 Å². The summed E-state index contributed by atoms with van der Waals surface area (Å²) in [6.07, 6.45) is 8.74. The highest BCUT2D eigenvalue weighted by atomic mass is 35.5. The summed E-state index contributed by atoms with van der Waals surface area (Å²) in [6.45, 7) is 2.93. The second kappa shape index (κ2) is 8.39. The first-order valence-electron chi connectivity index (χ1n) is 9.45. The summed E-state index contributed by atoms with van der Waals surface area (Å²) in [5, 5.41) is 12.3. The SMILES string of the molecule is Cc1c(Cl)nc(NC[C@H]2CCCN2C2CCCCC2)c(=O)n1CC(=O)O. The highest BCUT2D eigenvalue weighted by Gasteiger charge is 2.31. The maximum atomic E-state index is 12.6. The van der Waals surface area contributed by atoms with Crippen molar-refractivity contribution in [3.8, 4) is 0 Å². The molecule has 1 aromatic heterocycles. The number of nitrogens with zero attached hydrogens (tertiary/aromatic N) is 3. The number of anilines is 1. The van der Waals surface area contributed by atoms with Gasteiger partial charge in [0.2, 0.25) is 0 Å². The van der Waals surface area contributed by atoms with Crippen molar-refractivity contribution in [2.45, 2.75) is 70.5 Å². The van der Waals surface area contributed by atoms with E-state index in [9.17, 15) is 9.59 Å². The van der Waals surface area contributed by atoms with Crippen LogP contribution in [0.1, 0.15) is 50.6 Å². The predicted octanol–water partition coefficient (Wildman–Crippen LogP) is 2.50. The molecule has 2 fully saturated rings. The summed E-state index contributed by atoms with van der Waals surface area (Å²) in [7, 11) is 0. The van der Waals surface area contributed by atoms with Crippen molar-refractivity contribution in [2.75, 3.05) is 18.4 Å². The predicted molar refractivity (Wildman–Crippen MR) is 101 cm³/mol. The smallest absolute Gasteiger partial charge is 0.323 e. The van der Waals surface area contributed by atoms with Crippen molar-refractivity contribution in [1.82, 2.24) is 14.5 Å². The van der Waals surface area contributed by atoms with Crippen LogP contribution in [-0.4, -0.2) is 50.7 Å². The minimum absolute atomic E-state index is 0.136. The molecule has 2 aliphatic rings. The summed E-state index contributed by atoms with van der Waals surface area (Å²) in [6, 6.07) is 1.03. The van der Waals surface area contributed by atoms with Crippen LogP contribution in [0, 0.1) is 6.92 Å². The van der Waals surface area contributed by atoms with E-state index in [2.05, 4.69) is 15.2 Å². The van der Waals surface area contributed by atoms with Crippen molar-refractivity contribution < 1.29 is 9.90 Å². The molecule has 3 rings (SSSR count). The quantitative estimate of drug-likeness (QED) is 0.786. The number of nitrogens with one attached hydrogen (secondary N) is 1. The minimum Gasteiger partial charge on any atom is -0.480 e. The van der Waals surface area contributed by atoms with E-state index < -0.39 is 18.1 Å². The van der Waals surface area contributed by atoms with Gasteiger partial charge in [-0.25, -0.2) is 4.98 Å². The first kappa shape index (κ1) is 19.2. The molecule has 144 valence electrons. The van der Waals surface area contributed by atoms with E-state index >= 15 is 0 Å². The number of halogens is 1. The fourth-order valence-electron chi connectivity index (χ4n) is 4.24. The lowest BCUT2D eigenvalue weighted by atomic mass is 9.94. The van der Waals surface area contributed by atoms with Gasteiger partial charge in [-0.2, -0.15) is 0 Å². The zero-order chi connectivity index (χ0) is 18.7. The van der Waals surface area contributed by atoms with Gasteiger partial charge >= 0.3 is 5.97 Å². The fourth-order valence-corrected chi connectivity index (χ4v) is 4.43. The molecule has 0 radical (unpaired) electrons. The normalized spacial score (nSPS) is 21.8. The van der Waals surface area contributed by atoms with Crippen molar-refractivity contribution in [2.24, 2.45) is 0 Å². The van der Waals surface area contributed by atoms with Gasteiger partial charge in [0.1, 0.15) is 6.54 Å². The average Bonchev–Trinajstić information content (AvgIpc) is 3.10. The third kappa shape index (κ3) is 4.20. The average molecular weight is 383 g/mol. The van der Waals surface area contributed by atoms with E-state index in [1.807, 2.05) is 0 Å². The Balaban J connectivity index is 1.71. The molecule has 1 aliphatic carbocycles. The Labute approximate surface area is 158 Å². The Morgan fingerprint density at radius 3 is 2.69 bits per heavy atom. The molecule has 26 heavy (non-hydrogen) atoms. The maximum Gasteiger partial charge on any atom is 0.323 e. The first-order chi connectivity index (χ1) is 12.5. The largest absolute Gasteiger partial charge is 0.480 e. The van der Waals surface area contributed by atoms with Crippen LogP contribution in [0.5, 0.6) is 0 Å². The molecule has 1 saturated heterocycles. The zero-order valence-corrected chi connectivity index (χ0v) is 16.0. The van der Waals surface area contributed by atoms with Crippen LogP contribution in [0.25, 0.3) is 0 Å². The van der Waals surface area contributed by atoms with Crippen LogP contribution in [0.2, 0.25) is 5.15 Å². The lowest BCUT2D eigenvalue weighted by Gasteiger charge is -2.35.